The molecule has 113 heavy (non-hydrogen) atoms. The summed E-state index contributed by atoms with van der Waals surface area (Å²) in [6.45, 7) is -28.1. The molecule has 0 heterocycles. The first-order chi connectivity index (χ1) is 51.4. The van der Waals surface area contributed by atoms with E-state index in [0.717, 1.165) is 7.96 Å². The minimum Gasteiger partial charge on any atom is -0.109 e. The van der Waals surface area contributed by atoms with Crippen molar-refractivity contribution in [1.82, 2.24) is 0 Å². The average molecular weight is 3620 g/mol. The number of hydrogen-bond donors (Lipinski definition) is 0. The normalized spacial score (nSPS) is 15.8. The number of rotatable bonds is 55. The highest BCUT2D eigenvalue weighted by Crippen LogP contribution is 3.56. The van der Waals surface area contributed by atoms with Gasteiger partial charge in [0.25, 0.3) is 0 Å². The van der Waals surface area contributed by atoms with Gasteiger partial charge in [-0.25, -0.2) is 0 Å². The third-order valence-corrected chi connectivity index (χ3v) is 817. The molecule has 0 aromatic heterocycles. The van der Waals surface area contributed by atoms with Gasteiger partial charge in [-0.05, 0) is 384 Å². The Labute approximate surface area is 886 Å². The molecule has 0 rings (SSSR count). The van der Waals surface area contributed by atoms with E-state index < -0.39 is 377 Å². The molecule has 62 unspecified atom stereocenters. The van der Waals surface area contributed by atoms with Gasteiger partial charge in [0.2, 0.25) is 0 Å². The van der Waals surface area contributed by atoms with Crippen molar-refractivity contribution in [1.29, 1.82) is 0 Å². The van der Waals surface area contributed by atoms with Crippen molar-refractivity contribution < 1.29 is 0 Å². The van der Waals surface area contributed by atoms with Gasteiger partial charge in [-0.3, -0.25) is 0 Å². The van der Waals surface area contributed by atoms with Crippen LogP contribution in [0.2, 0.25) is 0 Å². The molecule has 680 valence electrons. The average Bonchev–Trinajstić information content (AvgIpc) is 0.704. The Bertz CT molecular complexity index is 1940. The molecule has 0 aromatic rings. The van der Waals surface area contributed by atoms with Crippen molar-refractivity contribution in [2.24, 2.45) is 0 Å². The van der Waals surface area contributed by atoms with Crippen molar-refractivity contribution in [2.45, 2.75) is 0 Å². The van der Waals surface area contributed by atoms with E-state index in [9.17, 15) is 0 Å². The molecular weight excluding hydrogens is 3500 g/mol. The fraction of sp³-hybridized carbons (Fsp3) is 0. The Morgan fingerprint density at radius 3 is 0.195 bits per heavy atom. The van der Waals surface area contributed by atoms with Gasteiger partial charge < -0.3 is 0 Å². The second-order valence-electron chi connectivity index (χ2n) is 18.0. The Balaban J connectivity index is 15.9. The predicted octanol–water partition coefficient (Wildman–Crippen LogP) is 66.5. The van der Waals surface area contributed by atoms with Crippen molar-refractivity contribution in [2.75, 3.05) is 0 Å². The van der Waals surface area contributed by atoms with E-state index in [1.807, 2.05) is 0 Å². The lowest BCUT2D eigenvalue weighted by Crippen LogP contribution is -1.78. The van der Waals surface area contributed by atoms with Crippen LogP contribution in [0.15, 0.2) is 0 Å². The van der Waals surface area contributed by atoms with Crippen LogP contribution >= 0.6 is 901 Å². The molecule has 0 fully saturated rings. The van der Waals surface area contributed by atoms with Crippen LogP contribution in [0.5, 0.6) is 0 Å². The maximum atomic E-state index is 3.98. The first-order valence-electron chi connectivity index (χ1n) is 25.8. The van der Waals surface area contributed by atoms with Crippen molar-refractivity contribution in [3.05, 3.63) is 0 Å². The van der Waals surface area contributed by atoms with Crippen LogP contribution in [0.25, 0.3) is 0 Å². The fourth-order valence-electron chi connectivity index (χ4n) is 7.00. The van der Waals surface area contributed by atoms with Crippen LogP contribution in [0.4, 0.5) is 0 Å². The van der Waals surface area contributed by atoms with Crippen LogP contribution in [-0.2, 0) is 0 Å². The standard InChI is InChI=1S/H115P113/c1-58-87(59(2)3)101(86(56)57)108(100(84(52)53)85(54)55)112(109(102(88(60(4)5)61(6)7)89(62(8)9)63(10)11)103(90(64(12)13)65(14)15)91(66(16)17)67(18)19)113(110(104(92(68(20)21)69(22)23)93(70(24)25)71(26)27)105(94(72(28)29)73(30)31)95(74(32)33)75(34)35)111(106(96(76(36)37)77(38)39)97(78(40)41)79(42)43)107(98(80(44)45)81(46)47)99(82(48)49)83(50)51/h58H,1-57H2. The Hall–Kier alpha value is 48.6. The predicted molar refractivity (Wildman–Crippen MR) is 942 cm³/mol. The maximum Gasteiger partial charge on any atom is -0.000000193 e. The Morgan fingerprint density at radius 2 is 0.142 bits per heavy atom. The van der Waals surface area contributed by atoms with Gasteiger partial charge >= 0.3 is 0 Å². The van der Waals surface area contributed by atoms with Crippen LogP contribution in [-0.4, -0.2) is 0 Å². The minimum absolute atomic E-state index is 0.373. The number of hydrogen-bond acceptors (Lipinski definition) is 0. The van der Waals surface area contributed by atoms with Gasteiger partial charge in [0.1, 0.15) is 0 Å². The molecule has 0 amide bonds. The van der Waals surface area contributed by atoms with E-state index in [1.54, 1.807) is 0 Å². The van der Waals surface area contributed by atoms with Crippen molar-refractivity contribution in [3.8, 4) is 0 Å². The second-order valence-corrected chi connectivity index (χ2v) is 487. The third-order valence-electron chi connectivity index (χ3n) is 10.1. The smallest absolute Gasteiger partial charge is 0.000000193 e. The van der Waals surface area contributed by atoms with E-state index in [-0.39, 0.29) is 6.99 Å². The lowest BCUT2D eigenvalue weighted by atomic mass is 28.3. The first-order valence-corrected chi connectivity index (χ1v) is 232. The summed E-state index contributed by atoms with van der Waals surface area (Å²) in [6, 6.07) is 0. The Morgan fingerprint density at radius 1 is 0.0796 bits per heavy atom. The summed E-state index contributed by atoms with van der Waals surface area (Å²) in [6.07, 6.45) is 0. The molecule has 113 heteroatoms. The summed E-state index contributed by atoms with van der Waals surface area (Å²) in [7, 11) is 222. The highest BCUT2D eigenvalue weighted by atomic mass is 33.7. The monoisotopic (exact) mass is 3620 g/mol. The van der Waals surface area contributed by atoms with Crippen LogP contribution in [0.1, 0.15) is 0 Å². The summed E-state index contributed by atoms with van der Waals surface area (Å²) < 4.78 is 0. The van der Waals surface area contributed by atoms with Gasteiger partial charge in [-0.15, -0.1) is 509 Å². The topological polar surface area (TPSA) is 0 Å². The molecule has 0 nitrogen and oxygen atoms in total. The van der Waals surface area contributed by atoms with Gasteiger partial charge in [-0.1, -0.05) is 7.96 Å². The van der Waals surface area contributed by atoms with Crippen LogP contribution in [0, 0.1) is 0 Å². The summed E-state index contributed by atoms with van der Waals surface area (Å²) in [5, 5.41) is 0. The quantitative estimate of drug-likeness (QED) is 0.0533. The molecule has 0 spiro atoms. The molecule has 0 saturated heterocycles. The molecule has 0 radical (unpaired) electrons. The molecule has 0 N–H and O–H groups in total. The van der Waals surface area contributed by atoms with Gasteiger partial charge in [0, 0.05) is 0 Å². The van der Waals surface area contributed by atoms with Crippen molar-refractivity contribution >= 4 is 901 Å². The summed E-state index contributed by atoms with van der Waals surface area (Å²) >= 11 is 0. The zero-order valence-corrected chi connectivity index (χ0v) is 174. The second kappa shape index (κ2) is 88.8. The molecule has 0 aromatic carbocycles. The van der Waals surface area contributed by atoms with E-state index in [4.69, 9.17) is 0 Å². The molecule has 62 atom stereocenters. The van der Waals surface area contributed by atoms with E-state index >= 15 is 0 Å². The highest BCUT2D eigenvalue weighted by Gasteiger charge is 2.69. The zero-order chi connectivity index (χ0) is 89.5. The fourth-order valence-corrected chi connectivity index (χ4v) is 1700. The van der Waals surface area contributed by atoms with Crippen LogP contribution in [0.3, 0.4) is 0 Å². The van der Waals surface area contributed by atoms with Gasteiger partial charge in [0.15, 0.2) is 0 Å². The van der Waals surface area contributed by atoms with E-state index in [0.29, 0.717) is 0 Å². The van der Waals surface area contributed by atoms with E-state index in [1.165, 1.54) is 0 Å². The largest absolute Gasteiger partial charge is 0.109 e. The minimum atomic E-state index is -0.752. The molecule has 0 aliphatic rings. The summed E-state index contributed by atoms with van der Waals surface area (Å²) in [5.74, 6) is 0. The summed E-state index contributed by atoms with van der Waals surface area (Å²) in [4.78, 5) is 0. The molecule has 0 aliphatic heterocycles. The van der Waals surface area contributed by atoms with E-state index in [2.05, 4.69) is 509 Å². The summed E-state index contributed by atoms with van der Waals surface area (Å²) in [5.41, 5.74) is 0. The van der Waals surface area contributed by atoms with Crippen LogP contribution < -0.4 is 0 Å². The third kappa shape index (κ3) is 56.8. The zero-order valence-electron chi connectivity index (χ0n) is 58.0. The lowest BCUT2D eigenvalue weighted by molar-refractivity contribution is 4.28. The van der Waals surface area contributed by atoms with Gasteiger partial charge in [-0.2, -0.15) is 0 Å². The van der Waals surface area contributed by atoms with Gasteiger partial charge in [0.05, 0.1) is 0 Å². The van der Waals surface area contributed by atoms with Crippen molar-refractivity contribution in [3.63, 3.8) is 0 Å². The lowest BCUT2D eigenvalue weighted by Gasteiger charge is -2.65. The molecular formula is H115P113. The maximum absolute atomic E-state index is 3.98. The molecule has 0 saturated carbocycles. The Kier molecular flexibility index (Phi) is 127. The molecule has 0 aliphatic carbocycles. The molecule has 0 bridgehead atoms. The SMILES string of the molecule is PPP(P(P)P)P(P(P)P)P(P(P(P)P)P(P)P)P(P(P(P(P(P)P)P(P)P)P(P(P)P)P(P)P)P(P(P(P)P)P(P)P)P(P(P)P)P(P)P)P(P(P(P(P(P)P)P(P)P)P(P(P)P)P(P)P)P(P(P(P)P)P(P)P)P(P(P)P)P(P)P)P(P(P(P(P)P)P(P)P)P(P(P)P)P(P)P)P(P(P(P)P)P(P)P)P(P(P)P)P(P)P. The first kappa shape index (κ1) is 162. The highest BCUT2D eigenvalue weighted by molar-refractivity contribution is 9.62.